The molecule has 2 fully saturated rings. The molecule has 3 heteroatoms. The number of carbonyl (C=O) groups is 1. The summed E-state index contributed by atoms with van der Waals surface area (Å²) in [6, 6.07) is 0. The topological polar surface area (TPSA) is 26.3 Å². The van der Waals surface area contributed by atoms with Crippen molar-refractivity contribution in [2.45, 2.75) is 12.8 Å². The molecule has 1 aliphatic carbocycles. The van der Waals surface area contributed by atoms with Gasteiger partial charge in [-0.2, -0.15) is 0 Å². The Morgan fingerprint density at radius 2 is 2.09 bits per heavy atom. The van der Waals surface area contributed by atoms with Gasteiger partial charge in [0.25, 0.3) is 5.97 Å². The monoisotopic (exact) mass is 227 g/mol. The van der Waals surface area contributed by atoms with Gasteiger partial charge in [-0.1, -0.05) is 5.92 Å². The Kier molecular flexibility index (Phi) is 3.51. The van der Waals surface area contributed by atoms with Crippen LogP contribution in [0.4, 0.5) is 0 Å². The van der Waals surface area contributed by atoms with Gasteiger partial charge in [-0.25, -0.2) is 12.8 Å². The van der Waals surface area contributed by atoms with Crippen LogP contribution in [0, 0.1) is 24.7 Å². The number of carbonyl (C=O) groups excluding carboxylic acids is 1. The summed E-state index contributed by atoms with van der Waals surface area (Å²) in [7, 11) is 0. The maximum absolute atomic E-state index is 10.9. The maximum atomic E-state index is 10.9. The summed E-state index contributed by atoms with van der Waals surface area (Å²) in [5, 5.41) is 0. The molecule has 0 aromatic carbocycles. The summed E-state index contributed by atoms with van der Waals surface area (Å²) < 4.78 is 4.90. The fraction of sp³-hybridized carbons (Fsp3) is 0.625. The first-order valence-electron chi connectivity index (χ1n) is 3.71. The first kappa shape index (κ1) is 9.66. The van der Waals surface area contributed by atoms with E-state index in [4.69, 9.17) is 4.74 Å². The third-order valence-electron chi connectivity index (χ3n) is 2.21. The van der Waals surface area contributed by atoms with Crippen molar-refractivity contribution in [3.8, 4) is 0 Å². The van der Waals surface area contributed by atoms with Crippen molar-refractivity contribution < 1.29 is 42.2 Å². The molecule has 59 valence electrons. The van der Waals surface area contributed by atoms with Gasteiger partial charge >= 0.3 is 0 Å². The number of fused-ring (bicyclic) bond motifs is 1. The van der Waals surface area contributed by atoms with Gasteiger partial charge in [0.2, 0.25) is 0 Å². The van der Waals surface area contributed by atoms with Gasteiger partial charge in [-0.05, 0) is 0 Å². The molecule has 0 bridgehead atoms. The number of hydrogen-bond donors (Lipinski definition) is 0. The van der Waals surface area contributed by atoms with Crippen molar-refractivity contribution in [2.24, 2.45) is 11.8 Å². The molecular formula is C8H10O2Y-2. The predicted octanol–water partition coefficient (Wildman–Crippen LogP) is 0.975. The van der Waals surface area contributed by atoms with E-state index in [1.807, 2.05) is 0 Å². The van der Waals surface area contributed by atoms with Crippen LogP contribution in [-0.2, 0) is 42.2 Å². The van der Waals surface area contributed by atoms with Crippen LogP contribution < -0.4 is 0 Å². The molecule has 1 aliphatic heterocycles. The fourth-order valence-electron chi connectivity index (χ4n) is 1.62. The number of ether oxygens (including phenoxy) is 1. The van der Waals surface area contributed by atoms with Gasteiger partial charge in [-0.15, -0.1) is 5.92 Å². The van der Waals surface area contributed by atoms with Gasteiger partial charge in [0.1, 0.15) is 0 Å². The molecule has 1 saturated carbocycles. The van der Waals surface area contributed by atoms with E-state index < -0.39 is 0 Å². The van der Waals surface area contributed by atoms with Crippen molar-refractivity contribution in [3.05, 3.63) is 12.8 Å². The van der Waals surface area contributed by atoms with Gasteiger partial charge in [0.05, 0.1) is 6.61 Å². The molecule has 1 heterocycles. The molecular weight excluding hydrogens is 217 g/mol. The van der Waals surface area contributed by atoms with Crippen LogP contribution >= 0.6 is 0 Å². The SMILES string of the molecule is O=C1OCC2[CH-]CC[CH-]C12.[Y]. The standard InChI is InChI=1S/C8H10O2.Y/c9-8-7-4-2-1-3-6(7)5-10-8;/h3-4,6-7H,1-2,5H2;/q-2;. The second-order valence-corrected chi connectivity index (χ2v) is 2.87. The average Bonchev–Trinajstić information content (AvgIpc) is 2.34. The summed E-state index contributed by atoms with van der Waals surface area (Å²) in [4.78, 5) is 10.9. The minimum Gasteiger partial charge on any atom is -0.470 e. The average molecular weight is 227 g/mol. The van der Waals surface area contributed by atoms with Gasteiger partial charge in [0, 0.05) is 32.7 Å². The molecule has 2 aliphatic rings. The number of cyclic esters (lactones) is 1. The molecule has 0 amide bonds. The Balaban J connectivity index is 0.000000605. The molecule has 0 spiro atoms. The van der Waals surface area contributed by atoms with E-state index in [1.54, 1.807) is 0 Å². The Labute approximate surface area is 91.9 Å². The number of rotatable bonds is 0. The number of esters is 1. The zero-order valence-electron chi connectivity index (χ0n) is 6.32. The molecule has 1 radical (unpaired) electrons. The van der Waals surface area contributed by atoms with Crippen LogP contribution in [0.15, 0.2) is 0 Å². The first-order valence-corrected chi connectivity index (χ1v) is 3.71. The van der Waals surface area contributed by atoms with E-state index in [1.165, 1.54) is 0 Å². The van der Waals surface area contributed by atoms with E-state index in [-0.39, 0.29) is 44.6 Å². The third kappa shape index (κ3) is 1.84. The molecule has 1 saturated heterocycles. The van der Waals surface area contributed by atoms with E-state index in [2.05, 4.69) is 12.8 Å². The van der Waals surface area contributed by atoms with Crippen LogP contribution in [0.2, 0.25) is 0 Å². The zero-order chi connectivity index (χ0) is 6.97. The van der Waals surface area contributed by atoms with Crippen molar-refractivity contribution in [1.29, 1.82) is 0 Å². The van der Waals surface area contributed by atoms with Crippen LogP contribution in [-0.4, -0.2) is 12.6 Å². The fourth-order valence-corrected chi connectivity index (χ4v) is 1.62. The van der Waals surface area contributed by atoms with Crippen molar-refractivity contribution in [1.82, 2.24) is 0 Å². The second-order valence-electron chi connectivity index (χ2n) is 2.87. The summed E-state index contributed by atoms with van der Waals surface area (Å²) in [5.74, 6) is 0.455. The Hall–Kier alpha value is 0.574. The minimum absolute atomic E-state index is 0. The minimum atomic E-state index is -0.0269. The Morgan fingerprint density at radius 3 is 2.82 bits per heavy atom. The molecule has 2 atom stereocenters. The van der Waals surface area contributed by atoms with Crippen LogP contribution in [0.25, 0.3) is 0 Å². The van der Waals surface area contributed by atoms with Gasteiger partial charge in [0.15, 0.2) is 0 Å². The zero-order valence-corrected chi connectivity index (χ0v) is 9.16. The molecule has 2 nitrogen and oxygen atoms in total. The smallest absolute Gasteiger partial charge is 0.276 e. The normalized spacial score (nSPS) is 35.5. The van der Waals surface area contributed by atoms with Crippen molar-refractivity contribution in [3.63, 3.8) is 0 Å². The van der Waals surface area contributed by atoms with Gasteiger partial charge < -0.3 is 17.6 Å². The summed E-state index contributed by atoms with van der Waals surface area (Å²) in [5.41, 5.74) is 0. The third-order valence-corrected chi connectivity index (χ3v) is 2.21. The molecule has 2 rings (SSSR count). The quantitative estimate of drug-likeness (QED) is 0.455. The first-order chi connectivity index (χ1) is 4.88. The predicted molar refractivity (Wildman–Crippen MR) is 35.8 cm³/mol. The van der Waals surface area contributed by atoms with E-state index in [0.29, 0.717) is 12.5 Å². The Morgan fingerprint density at radius 1 is 1.36 bits per heavy atom. The molecule has 0 N–H and O–H groups in total. The van der Waals surface area contributed by atoms with Crippen molar-refractivity contribution >= 4 is 5.97 Å². The maximum Gasteiger partial charge on any atom is 0.276 e. The van der Waals surface area contributed by atoms with Crippen molar-refractivity contribution in [2.75, 3.05) is 6.61 Å². The van der Waals surface area contributed by atoms with Gasteiger partial charge in [-0.3, -0.25) is 4.79 Å². The van der Waals surface area contributed by atoms with Crippen LogP contribution in [0.1, 0.15) is 12.8 Å². The van der Waals surface area contributed by atoms with E-state index >= 15 is 0 Å². The van der Waals surface area contributed by atoms with Crippen LogP contribution in [0.5, 0.6) is 0 Å². The van der Waals surface area contributed by atoms with Crippen LogP contribution in [0.3, 0.4) is 0 Å². The largest absolute Gasteiger partial charge is 0.470 e. The Bertz CT molecular complexity index is 158. The summed E-state index contributed by atoms with van der Waals surface area (Å²) in [6.07, 6.45) is 6.43. The molecule has 11 heavy (non-hydrogen) atoms. The summed E-state index contributed by atoms with van der Waals surface area (Å²) >= 11 is 0. The molecule has 0 aromatic heterocycles. The van der Waals surface area contributed by atoms with E-state index in [0.717, 1.165) is 12.8 Å². The molecule has 0 aromatic rings. The summed E-state index contributed by atoms with van der Waals surface area (Å²) in [6.45, 7) is 0.611. The molecule has 2 unspecified atom stereocenters. The van der Waals surface area contributed by atoms with E-state index in [9.17, 15) is 4.79 Å². The number of hydrogen-bond acceptors (Lipinski definition) is 2. The second kappa shape index (κ2) is 4.00.